The van der Waals surface area contributed by atoms with Crippen LogP contribution < -0.4 is 4.90 Å². The van der Waals surface area contributed by atoms with Gasteiger partial charge in [0.15, 0.2) is 0 Å². The fourth-order valence-electron chi connectivity index (χ4n) is 2.52. The fourth-order valence-corrected chi connectivity index (χ4v) is 3.33. The van der Waals surface area contributed by atoms with Gasteiger partial charge in [-0.25, -0.2) is 9.59 Å². The van der Waals surface area contributed by atoms with Gasteiger partial charge in [0.2, 0.25) is 0 Å². The highest BCUT2D eigenvalue weighted by molar-refractivity contribution is 8.03. The molecular formula is C22H32N2O4S. The number of amides is 2. The van der Waals surface area contributed by atoms with Crippen LogP contribution in [0, 0.1) is 17.6 Å². The molecule has 0 unspecified atom stereocenters. The predicted octanol–water partition coefficient (Wildman–Crippen LogP) is 6.54. The number of anilines is 1. The molecule has 0 aliphatic heterocycles. The van der Waals surface area contributed by atoms with E-state index in [9.17, 15) is 9.59 Å². The Balaban J connectivity index is 3.65. The number of imide groups is 1. The monoisotopic (exact) mass is 420 g/mol. The summed E-state index contributed by atoms with van der Waals surface area (Å²) < 4.78 is 11.0. The molecule has 1 aromatic rings. The van der Waals surface area contributed by atoms with Crippen molar-refractivity contribution in [1.82, 2.24) is 0 Å². The second kappa shape index (κ2) is 8.66. The lowest BCUT2D eigenvalue weighted by molar-refractivity contribution is 0.0430. The van der Waals surface area contributed by atoms with Crippen LogP contribution in [0.3, 0.4) is 0 Å². The Morgan fingerprint density at radius 2 is 1.38 bits per heavy atom. The summed E-state index contributed by atoms with van der Waals surface area (Å²) in [6, 6.07) is 3.58. The van der Waals surface area contributed by atoms with E-state index in [-0.39, 0.29) is 5.41 Å². The third-order valence-electron chi connectivity index (χ3n) is 3.65. The van der Waals surface area contributed by atoms with Crippen molar-refractivity contribution in [3.8, 4) is 5.40 Å². The Labute approximate surface area is 178 Å². The largest absolute Gasteiger partial charge is 0.443 e. The van der Waals surface area contributed by atoms with Crippen molar-refractivity contribution in [2.24, 2.45) is 0 Å². The maximum absolute atomic E-state index is 13.0. The van der Waals surface area contributed by atoms with E-state index in [0.29, 0.717) is 11.3 Å². The Hall–Kier alpha value is -2.20. The molecule has 0 N–H and O–H groups in total. The number of rotatable bonds is 2. The average Bonchev–Trinajstić information content (AvgIpc) is 2.44. The Morgan fingerprint density at radius 3 is 1.72 bits per heavy atom. The van der Waals surface area contributed by atoms with Gasteiger partial charge in [0.25, 0.3) is 0 Å². The molecule has 29 heavy (non-hydrogen) atoms. The number of ether oxygens (including phenoxy) is 2. The van der Waals surface area contributed by atoms with E-state index >= 15 is 0 Å². The van der Waals surface area contributed by atoms with Gasteiger partial charge >= 0.3 is 12.2 Å². The summed E-state index contributed by atoms with van der Waals surface area (Å²) in [4.78, 5) is 27.6. The van der Waals surface area contributed by atoms with Crippen LogP contribution in [0.2, 0.25) is 0 Å². The molecule has 2 amide bonds. The van der Waals surface area contributed by atoms with Crippen LogP contribution in [0.25, 0.3) is 0 Å². The van der Waals surface area contributed by atoms with Crippen molar-refractivity contribution in [2.75, 3.05) is 4.90 Å². The molecule has 0 spiro atoms. The molecule has 0 aliphatic rings. The zero-order chi connectivity index (χ0) is 22.8. The number of aryl methyl sites for hydroxylation is 1. The van der Waals surface area contributed by atoms with Crippen molar-refractivity contribution in [3.05, 3.63) is 23.3 Å². The lowest BCUT2D eigenvalue weighted by atomic mass is 9.86. The average molecular weight is 421 g/mol. The summed E-state index contributed by atoms with van der Waals surface area (Å²) in [5.41, 5.74) is 0.00781. The Bertz CT molecular complexity index is 793. The first kappa shape index (κ1) is 24.8. The Kier molecular flexibility index (Phi) is 7.42. The number of benzene rings is 1. The minimum Gasteiger partial charge on any atom is -0.443 e. The number of thiocyanates is 1. The minimum absolute atomic E-state index is 0.310. The molecular weight excluding hydrogens is 388 g/mol. The highest BCUT2D eigenvalue weighted by Crippen LogP contribution is 2.38. The van der Waals surface area contributed by atoms with E-state index in [1.54, 1.807) is 54.5 Å². The first-order chi connectivity index (χ1) is 13.0. The molecule has 6 nitrogen and oxygen atoms in total. The summed E-state index contributed by atoms with van der Waals surface area (Å²) in [5, 5.41) is 11.3. The minimum atomic E-state index is -0.810. The van der Waals surface area contributed by atoms with Gasteiger partial charge in [-0.3, -0.25) is 0 Å². The second-order valence-corrected chi connectivity index (χ2v) is 10.7. The Morgan fingerprint density at radius 1 is 0.931 bits per heavy atom. The molecule has 1 aromatic carbocycles. The van der Waals surface area contributed by atoms with Gasteiger partial charge in [0, 0.05) is 4.90 Å². The third-order valence-corrected chi connectivity index (χ3v) is 4.30. The smallest absolute Gasteiger partial charge is 0.424 e. The molecule has 0 saturated heterocycles. The lowest BCUT2D eigenvalue weighted by Gasteiger charge is -2.31. The maximum Gasteiger partial charge on any atom is 0.424 e. The summed E-state index contributed by atoms with van der Waals surface area (Å²) in [7, 11) is 0. The van der Waals surface area contributed by atoms with Gasteiger partial charge in [-0.05, 0) is 88.9 Å². The molecule has 0 aromatic heterocycles. The summed E-state index contributed by atoms with van der Waals surface area (Å²) >= 11 is 1.05. The van der Waals surface area contributed by atoms with Crippen LogP contribution in [0.4, 0.5) is 15.3 Å². The van der Waals surface area contributed by atoms with Gasteiger partial charge in [0.1, 0.15) is 16.6 Å². The molecule has 1 rings (SSSR count). The van der Waals surface area contributed by atoms with Gasteiger partial charge in [-0.15, -0.1) is 0 Å². The topological polar surface area (TPSA) is 79.6 Å². The summed E-state index contributed by atoms with van der Waals surface area (Å²) in [6.45, 7) is 18.2. The summed E-state index contributed by atoms with van der Waals surface area (Å²) in [5.74, 6) is 0. The SMILES string of the molecule is Cc1cc(SC#N)c(C(C)(C)C)cc1N(C(=O)OC(C)(C)C)C(=O)OC(C)(C)C. The van der Waals surface area contributed by atoms with E-state index < -0.39 is 23.4 Å². The lowest BCUT2D eigenvalue weighted by Crippen LogP contribution is -2.44. The van der Waals surface area contributed by atoms with Gasteiger partial charge in [-0.1, -0.05) is 20.8 Å². The van der Waals surface area contributed by atoms with E-state index in [4.69, 9.17) is 14.7 Å². The third kappa shape index (κ3) is 7.28. The molecule has 0 bridgehead atoms. The van der Waals surface area contributed by atoms with Crippen LogP contribution in [-0.2, 0) is 14.9 Å². The van der Waals surface area contributed by atoms with Crippen molar-refractivity contribution in [2.45, 2.75) is 90.7 Å². The van der Waals surface area contributed by atoms with Gasteiger partial charge < -0.3 is 9.47 Å². The molecule has 0 radical (unpaired) electrons. The zero-order valence-corrected chi connectivity index (χ0v) is 19.9. The standard InChI is InChI=1S/C22H32N2O4S/c1-14-11-17(29-13-23)15(20(2,3)4)12-16(14)24(18(25)27-21(5,6)7)19(26)28-22(8,9)10/h11-12H,1-10H3. The second-order valence-electron chi connectivity index (χ2n) is 9.87. The number of nitrogens with zero attached hydrogens (tertiary/aromatic N) is 2. The van der Waals surface area contributed by atoms with E-state index in [1.165, 1.54) is 0 Å². The number of hydrogen-bond donors (Lipinski definition) is 0. The fraction of sp³-hybridized carbons (Fsp3) is 0.591. The number of hydrogen-bond acceptors (Lipinski definition) is 6. The molecule has 0 heterocycles. The zero-order valence-electron chi connectivity index (χ0n) is 19.1. The molecule has 0 saturated carbocycles. The molecule has 0 aliphatic carbocycles. The number of carbonyl (C=O) groups excluding carboxylic acids is 2. The van der Waals surface area contributed by atoms with Crippen molar-refractivity contribution >= 4 is 29.6 Å². The molecule has 0 atom stereocenters. The van der Waals surface area contributed by atoms with E-state index in [1.807, 2.05) is 26.8 Å². The number of nitriles is 1. The van der Waals surface area contributed by atoms with Crippen molar-refractivity contribution < 1.29 is 19.1 Å². The highest BCUT2D eigenvalue weighted by Gasteiger charge is 2.34. The number of thioether (sulfide) groups is 1. The van der Waals surface area contributed by atoms with Gasteiger partial charge in [0.05, 0.1) is 5.69 Å². The molecule has 160 valence electrons. The van der Waals surface area contributed by atoms with Crippen molar-refractivity contribution in [3.63, 3.8) is 0 Å². The van der Waals surface area contributed by atoms with Gasteiger partial charge in [-0.2, -0.15) is 10.2 Å². The molecule has 0 fully saturated rings. The molecule has 7 heteroatoms. The predicted molar refractivity (Wildman–Crippen MR) is 116 cm³/mol. The number of carbonyl (C=O) groups is 2. The summed E-state index contributed by atoms with van der Waals surface area (Å²) in [6.07, 6.45) is -1.62. The normalized spacial score (nSPS) is 12.2. The highest BCUT2D eigenvalue weighted by atomic mass is 32.2. The van der Waals surface area contributed by atoms with Crippen LogP contribution in [0.1, 0.15) is 73.4 Å². The van der Waals surface area contributed by atoms with Crippen LogP contribution in [-0.4, -0.2) is 23.4 Å². The van der Waals surface area contributed by atoms with E-state index in [0.717, 1.165) is 27.1 Å². The first-order valence-electron chi connectivity index (χ1n) is 9.43. The van der Waals surface area contributed by atoms with Crippen LogP contribution in [0.5, 0.6) is 0 Å². The quantitative estimate of drug-likeness (QED) is 0.399. The maximum atomic E-state index is 13.0. The first-order valence-corrected chi connectivity index (χ1v) is 10.2. The van der Waals surface area contributed by atoms with Crippen LogP contribution in [0.15, 0.2) is 17.0 Å². The van der Waals surface area contributed by atoms with Crippen LogP contribution >= 0.6 is 11.8 Å². The van der Waals surface area contributed by atoms with E-state index in [2.05, 4.69) is 5.40 Å². The van der Waals surface area contributed by atoms with Crippen molar-refractivity contribution in [1.29, 1.82) is 5.26 Å².